The molecule has 1 aromatic rings. The lowest BCUT2D eigenvalue weighted by atomic mass is 10.5. The highest BCUT2D eigenvalue weighted by atomic mass is 35.5. The van der Waals surface area contributed by atoms with E-state index in [1.54, 1.807) is 25.4 Å². The van der Waals surface area contributed by atoms with Crippen molar-refractivity contribution < 1.29 is 18.9 Å². The van der Waals surface area contributed by atoms with Crippen molar-refractivity contribution in [3.8, 4) is 5.88 Å². The van der Waals surface area contributed by atoms with Crippen molar-refractivity contribution in [2.45, 2.75) is 0 Å². The van der Waals surface area contributed by atoms with Gasteiger partial charge in [0.05, 0.1) is 38.1 Å². The summed E-state index contributed by atoms with van der Waals surface area (Å²) in [5.74, 6) is 0.541. The topological polar surface area (TPSA) is 49.8 Å². The highest BCUT2D eigenvalue weighted by molar-refractivity contribution is 6.30. The molecule has 0 aliphatic heterocycles. The van der Waals surface area contributed by atoms with Gasteiger partial charge in [-0.3, -0.25) is 0 Å². The lowest BCUT2D eigenvalue weighted by Gasteiger charge is -2.07. The van der Waals surface area contributed by atoms with Gasteiger partial charge in [0.15, 0.2) is 0 Å². The molecule has 0 fully saturated rings. The lowest BCUT2D eigenvalue weighted by Crippen LogP contribution is -2.12. The smallest absolute Gasteiger partial charge is 0.213 e. The van der Waals surface area contributed by atoms with Crippen molar-refractivity contribution in [2.24, 2.45) is 0 Å². The number of hydrogen-bond acceptors (Lipinski definition) is 5. The van der Waals surface area contributed by atoms with Gasteiger partial charge in [-0.05, 0) is 6.07 Å². The minimum Gasteiger partial charge on any atom is -0.475 e. The maximum atomic E-state index is 5.70. The first kappa shape index (κ1) is 15.2. The SMILES string of the molecule is COCCOCCOCCOc1ccc(Cl)cn1. The molecule has 0 spiro atoms. The van der Waals surface area contributed by atoms with Gasteiger partial charge in [-0.2, -0.15) is 0 Å². The molecule has 0 amide bonds. The predicted octanol–water partition coefficient (Wildman–Crippen LogP) is 1.79. The Hall–Kier alpha value is -0.880. The molecule has 6 heteroatoms. The second-order valence-corrected chi connectivity index (χ2v) is 3.82. The molecule has 0 aromatic carbocycles. The van der Waals surface area contributed by atoms with Crippen LogP contribution in [0.5, 0.6) is 5.88 Å². The summed E-state index contributed by atoms with van der Waals surface area (Å²) < 4.78 is 20.7. The van der Waals surface area contributed by atoms with Crippen molar-refractivity contribution in [1.29, 1.82) is 0 Å². The van der Waals surface area contributed by atoms with Crippen molar-refractivity contribution in [3.05, 3.63) is 23.4 Å². The zero-order chi connectivity index (χ0) is 13.1. The van der Waals surface area contributed by atoms with Crippen LogP contribution in [-0.4, -0.2) is 51.7 Å². The zero-order valence-electron chi connectivity index (χ0n) is 10.4. The largest absolute Gasteiger partial charge is 0.475 e. The third kappa shape index (κ3) is 7.45. The molecule has 18 heavy (non-hydrogen) atoms. The fraction of sp³-hybridized carbons (Fsp3) is 0.583. The van der Waals surface area contributed by atoms with Gasteiger partial charge >= 0.3 is 0 Å². The molecule has 5 nitrogen and oxygen atoms in total. The van der Waals surface area contributed by atoms with Crippen LogP contribution in [0, 0.1) is 0 Å². The minimum atomic E-state index is 0.451. The van der Waals surface area contributed by atoms with Crippen LogP contribution in [0.25, 0.3) is 0 Å². The Bertz CT molecular complexity index is 307. The Labute approximate surface area is 112 Å². The van der Waals surface area contributed by atoms with E-state index in [9.17, 15) is 0 Å². The van der Waals surface area contributed by atoms with Gasteiger partial charge in [0.1, 0.15) is 6.61 Å². The molecule has 102 valence electrons. The van der Waals surface area contributed by atoms with Gasteiger partial charge in [0, 0.05) is 19.4 Å². The van der Waals surface area contributed by atoms with Crippen LogP contribution in [0.15, 0.2) is 18.3 Å². The van der Waals surface area contributed by atoms with Crippen LogP contribution in [-0.2, 0) is 14.2 Å². The average molecular weight is 276 g/mol. The van der Waals surface area contributed by atoms with E-state index in [-0.39, 0.29) is 0 Å². The van der Waals surface area contributed by atoms with E-state index in [2.05, 4.69) is 4.98 Å². The molecule has 0 saturated heterocycles. The van der Waals surface area contributed by atoms with Gasteiger partial charge in [0.25, 0.3) is 0 Å². The Balaban J connectivity index is 1.91. The van der Waals surface area contributed by atoms with Crippen molar-refractivity contribution >= 4 is 11.6 Å². The molecule has 0 N–H and O–H groups in total. The molecule has 1 heterocycles. The minimum absolute atomic E-state index is 0.451. The second-order valence-electron chi connectivity index (χ2n) is 3.38. The number of methoxy groups -OCH3 is 1. The van der Waals surface area contributed by atoms with Crippen LogP contribution in [0.4, 0.5) is 0 Å². The number of hydrogen-bond donors (Lipinski definition) is 0. The number of ether oxygens (including phenoxy) is 4. The second kappa shape index (κ2) is 10.1. The third-order valence-corrected chi connectivity index (χ3v) is 2.21. The summed E-state index contributed by atoms with van der Waals surface area (Å²) in [5.41, 5.74) is 0. The van der Waals surface area contributed by atoms with Gasteiger partial charge in [-0.1, -0.05) is 11.6 Å². The van der Waals surface area contributed by atoms with Crippen LogP contribution >= 0.6 is 11.6 Å². The van der Waals surface area contributed by atoms with Gasteiger partial charge in [-0.15, -0.1) is 0 Å². The summed E-state index contributed by atoms with van der Waals surface area (Å²) in [6.07, 6.45) is 1.54. The van der Waals surface area contributed by atoms with E-state index >= 15 is 0 Å². The highest BCUT2D eigenvalue weighted by Gasteiger charge is 1.95. The molecule has 1 aromatic heterocycles. The predicted molar refractivity (Wildman–Crippen MR) is 68.3 cm³/mol. The molecule has 0 bridgehead atoms. The first-order valence-corrected chi connectivity index (χ1v) is 6.09. The van der Waals surface area contributed by atoms with E-state index < -0.39 is 0 Å². The Kier molecular flexibility index (Phi) is 8.50. The number of rotatable bonds is 10. The number of aromatic nitrogens is 1. The summed E-state index contributed by atoms with van der Waals surface area (Å²) in [5, 5.41) is 0.590. The monoisotopic (exact) mass is 275 g/mol. The molecular weight excluding hydrogens is 258 g/mol. The van der Waals surface area contributed by atoms with Crippen molar-refractivity contribution in [2.75, 3.05) is 46.8 Å². The van der Waals surface area contributed by atoms with Crippen molar-refractivity contribution in [3.63, 3.8) is 0 Å². The number of halogens is 1. The van der Waals surface area contributed by atoms with E-state index in [4.69, 9.17) is 30.5 Å². The van der Waals surface area contributed by atoms with Crippen LogP contribution in [0.1, 0.15) is 0 Å². The molecule has 0 radical (unpaired) electrons. The van der Waals surface area contributed by atoms with E-state index in [1.807, 2.05) is 0 Å². The van der Waals surface area contributed by atoms with Crippen LogP contribution < -0.4 is 4.74 Å². The lowest BCUT2D eigenvalue weighted by molar-refractivity contribution is 0.0176. The first-order chi connectivity index (χ1) is 8.83. The van der Waals surface area contributed by atoms with E-state index in [1.165, 1.54) is 0 Å². The van der Waals surface area contributed by atoms with Gasteiger partial charge in [-0.25, -0.2) is 4.98 Å². The van der Waals surface area contributed by atoms with Crippen LogP contribution in [0.3, 0.4) is 0 Å². The summed E-state index contributed by atoms with van der Waals surface area (Å²) in [4.78, 5) is 4.00. The maximum Gasteiger partial charge on any atom is 0.213 e. The molecule has 0 aliphatic rings. The fourth-order valence-electron chi connectivity index (χ4n) is 1.12. The Morgan fingerprint density at radius 3 is 2.28 bits per heavy atom. The molecule has 1 rings (SSSR count). The summed E-state index contributed by atoms with van der Waals surface area (Å²) in [7, 11) is 1.64. The van der Waals surface area contributed by atoms with E-state index in [0.29, 0.717) is 50.5 Å². The molecule has 0 aliphatic carbocycles. The summed E-state index contributed by atoms with van der Waals surface area (Å²) in [6.45, 7) is 3.24. The van der Waals surface area contributed by atoms with E-state index in [0.717, 1.165) is 0 Å². The average Bonchev–Trinajstić information content (AvgIpc) is 2.39. The third-order valence-electron chi connectivity index (χ3n) is 1.98. The summed E-state index contributed by atoms with van der Waals surface area (Å²) in [6, 6.07) is 3.45. The quantitative estimate of drug-likeness (QED) is 0.610. The molecule has 0 unspecified atom stereocenters. The van der Waals surface area contributed by atoms with Gasteiger partial charge in [0.2, 0.25) is 5.88 Å². The molecular formula is C12H18ClNO4. The number of nitrogens with zero attached hydrogens (tertiary/aromatic N) is 1. The van der Waals surface area contributed by atoms with Gasteiger partial charge < -0.3 is 18.9 Å². The Morgan fingerprint density at radius 2 is 1.67 bits per heavy atom. The standard InChI is InChI=1S/C12H18ClNO4/c1-15-4-5-16-6-7-17-8-9-18-12-3-2-11(13)10-14-12/h2-3,10H,4-9H2,1H3. The summed E-state index contributed by atoms with van der Waals surface area (Å²) >= 11 is 5.70. The number of pyridine rings is 1. The molecule has 0 atom stereocenters. The molecule has 0 saturated carbocycles. The normalized spacial score (nSPS) is 10.6. The first-order valence-electron chi connectivity index (χ1n) is 5.71. The fourth-order valence-corrected chi connectivity index (χ4v) is 1.23. The van der Waals surface area contributed by atoms with Crippen LogP contribution in [0.2, 0.25) is 5.02 Å². The zero-order valence-corrected chi connectivity index (χ0v) is 11.2. The Morgan fingerprint density at radius 1 is 1.00 bits per heavy atom. The van der Waals surface area contributed by atoms with Crippen molar-refractivity contribution in [1.82, 2.24) is 4.98 Å². The highest BCUT2D eigenvalue weighted by Crippen LogP contribution is 2.10. The maximum absolute atomic E-state index is 5.70.